The Hall–Kier alpha value is -1.80. The van der Waals surface area contributed by atoms with Crippen molar-refractivity contribution in [2.75, 3.05) is 39.0 Å². The molecule has 0 aromatic heterocycles. The van der Waals surface area contributed by atoms with Crippen LogP contribution in [0.5, 0.6) is 5.75 Å². The standard InChI is InChI=1S/C20H34N4O3S/c1-5-21-20(22-12-9-17-8-7-16(3)19(15-17)27-4)23-18-10-13-24(14-11-18)28(25,26)6-2/h7-8,15,18H,5-6,9-14H2,1-4H3,(H2,21,22,23). The summed E-state index contributed by atoms with van der Waals surface area (Å²) in [5.41, 5.74) is 2.32. The van der Waals surface area contributed by atoms with E-state index >= 15 is 0 Å². The molecule has 1 aromatic carbocycles. The lowest BCUT2D eigenvalue weighted by molar-refractivity contribution is 0.306. The summed E-state index contributed by atoms with van der Waals surface area (Å²) in [6.45, 7) is 8.35. The molecule has 7 nitrogen and oxygen atoms in total. The molecule has 1 fully saturated rings. The van der Waals surface area contributed by atoms with Gasteiger partial charge in [0.15, 0.2) is 5.96 Å². The summed E-state index contributed by atoms with van der Waals surface area (Å²) in [6, 6.07) is 6.48. The number of benzene rings is 1. The van der Waals surface area contributed by atoms with Crippen molar-refractivity contribution in [3.63, 3.8) is 0 Å². The third kappa shape index (κ3) is 6.38. The number of aliphatic imine (C=N–C) groups is 1. The maximum absolute atomic E-state index is 12.0. The maximum Gasteiger partial charge on any atom is 0.213 e. The SMILES string of the molecule is CCNC(=NCCc1ccc(C)c(OC)c1)NC1CCN(S(=O)(=O)CC)CC1. The fraction of sp³-hybridized carbons (Fsp3) is 0.650. The maximum atomic E-state index is 12.0. The quantitative estimate of drug-likeness (QED) is 0.505. The van der Waals surface area contributed by atoms with Crippen LogP contribution in [-0.4, -0.2) is 63.8 Å². The highest BCUT2D eigenvalue weighted by atomic mass is 32.2. The fourth-order valence-corrected chi connectivity index (χ4v) is 4.42. The number of methoxy groups -OCH3 is 1. The van der Waals surface area contributed by atoms with Crippen LogP contribution in [0.25, 0.3) is 0 Å². The zero-order valence-corrected chi connectivity index (χ0v) is 18.3. The van der Waals surface area contributed by atoms with Gasteiger partial charge in [0, 0.05) is 32.2 Å². The van der Waals surface area contributed by atoms with Crippen LogP contribution in [0.2, 0.25) is 0 Å². The van der Waals surface area contributed by atoms with E-state index in [4.69, 9.17) is 4.74 Å². The molecule has 0 atom stereocenters. The van der Waals surface area contributed by atoms with Crippen LogP contribution in [0.1, 0.15) is 37.8 Å². The van der Waals surface area contributed by atoms with E-state index in [0.29, 0.717) is 19.6 Å². The molecule has 158 valence electrons. The van der Waals surface area contributed by atoms with Crippen molar-refractivity contribution in [3.8, 4) is 5.75 Å². The number of guanidine groups is 1. The first-order chi connectivity index (χ1) is 13.4. The van der Waals surface area contributed by atoms with E-state index in [9.17, 15) is 8.42 Å². The summed E-state index contributed by atoms with van der Waals surface area (Å²) in [7, 11) is -1.40. The lowest BCUT2D eigenvalue weighted by atomic mass is 10.1. The van der Waals surface area contributed by atoms with Crippen molar-refractivity contribution in [1.82, 2.24) is 14.9 Å². The van der Waals surface area contributed by atoms with Crippen molar-refractivity contribution in [2.24, 2.45) is 4.99 Å². The van der Waals surface area contributed by atoms with Crippen LogP contribution in [0.15, 0.2) is 23.2 Å². The second-order valence-corrected chi connectivity index (χ2v) is 9.29. The summed E-state index contributed by atoms with van der Waals surface area (Å²) in [6.07, 6.45) is 2.41. The van der Waals surface area contributed by atoms with Gasteiger partial charge in [0.2, 0.25) is 10.0 Å². The molecule has 2 rings (SSSR count). The smallest absolute Gasteiger partial charge is 0.213 e. The molecule has 0 spiro atoms. The topological polar surface area (TPSA) is 83.0 Å². The predicted octanol–water partition coefficient (Wildman–Crippen LogP) is 1.92. The first-order valence-corrected chi connectivity index (χ1v) is 11.7. The molecule has 1 saturated heterocycles. The van der Waals surface area contributed by atoms with E-state index in [-0.39, 0.29) is 11.8 Å². The Bertz CT molecular complexity index is 757. The highest BCUT2D eigenvalue weighted by molar-refractivity contribution is 7.89. The molecule has 0 radical (unpaired) electrons. The van der Waals surface area contributed by atoms with Gasteiger partial charge in [0.05, 0.1) is 12.9 Å². The first kappa shape index (κ1) is 22.5. The van der Waals surface area contributed by atoms with Gasteiger partial charge in [-0.2, -0.15) is 0 Å². The summed E-state index contributed by atoms with van der Waals surface area (Å²) in [5, 5.41) is 6.74. The van der Waals surface area contributed by atoms with Crippen LogP contribution in [0.4, 0.5) is 0 Å². The monoisotopic (exact) mass is 410 g/mol. The molecule has 1 aromatic rings. The van der Waals surface area contributed by atoms with Gasteiger partial charge in [-0.05, 0) is 57.2 Å². The second kappa shape index (κ2) is 10.7. The lowest BCUT2D eigenvalue weighted by Gasteiger charge is -2.32. The molecule has 28 heavy (non-hydrogen) atoms. The summed E-state index contributed by atoms with van der Waals surface area (Å²) in [4.78, 5) is 4.69. The molecule has 2 N–H and O–H groups in total. The third-order valence-corrected chi connectivity index (χ3v) is 6.92. The third-order valence-electron chi connectivity index (χ3n) is 5.04. The van der Waals surface area contributed by atoms with Gasteiger partial charge in [0.1, 0.15) is 5.75 Å². The highest BCUT2D eigenvalue weighted by Crippen LogP contribution is 2.19. The van der Waals surface area contributed by atoms with Crippen molar-refractivity contribution in [3.05, 3.63) is 29.3 Å². The Labute approximate surface area is 169 Å². The largest absolute Gasteiger partial charge is 0.496 e. The Morgan fingerprint density at radius 3 is 2.61 bits per heavy atom. The van der Waals surface area contributed by atoms with E-state index in [1.807, 2.05) is 13.8 Å². The fourth-order valence-electron chi connectivity index (χ4n) is 3.29. The number of ether oxygens (including phenoxy) is 1. The number of sulfonamides is 1. The predicted molar refractivity (Wildman–Crippen MR) is 115 cm³/mol. The van der Waals surface area contributed by atoms with Crippen molar-refractivity contribution in [1.29, 1.82) is 0 Å². The molecule has 8 heteroatoms. The van der Waals surface area contributed by atoms with Crippen LogP contribution in [-0.2, 0) is 16.4 Å². The van der Waals surface area contributed by atoms with Crippen LogP contribution in [0, 0.1) is 6.92 Å². The number of aryl methyl sites for hydroxylation is 1. The molecular formula is C20H34N4O3S. The first-order valence-electron chi connectivity index (χ1n) is 10.1. The number of hydrogen-bond acceptors (Lipinski definition) is 4. The Kier molecular flexibility index (Phi) is 8.57. The molecule has 1 heterocycles. The molecule has 1 aliphatic rings. The molecule has 0 aliphatic carbocycles. The highest BCUT2D eigenvalue weighted by Gasteiger charge is 2.26. The number of nitrogens with zero attached hydrogens (tertiary/aromatic N) is 2. The van der Waals surface area contributed by atoms with Crippen molar-refractivity contribution < 1.29 is 13.2 Å². The van der Waals surface area contributed by atoms with Gasteiger partial charge < -0.3 is 15.4 Å². The average molecular weight is 411 g/mol. The number of rotatable bonds is 8. The minimum atomic E-state index is -3.09. The molecular weight excluding hydrogens is 376 g/mol. The lowest BCUT2D eigenvalue weighted by Crippen LogP contribution is -2.50. The normalized spacial score (nSPS) is 16.8. The van der Waals surface area contributed by atoms with Gasteiger partial charge >= 0.3 is 0 Å². The minimum absolute atomic E-state index is 0.166. The molecule has 0 saturated carbocycles. The number of hydrogen-bond donors (Lipinski definition) is 2. The van der Waals surface area contributed by atoms with E-state index in [0.717, 1.165) is 43.1 Å². The van der Waals surface area contributed by atoms with Gasteiger partial charge in [-0.1, -0.05) is 12.1 Å². The van der Waals surface area contributed by atoms with Gasteiger partial charge in [-0.15, -0.1) is 0 Å². The number of nitrogens with one attached hydrogen (secondary N) is 2. The number of piperidine rings is 1. The molecule has 0 unspecified atom stereocenters. The van der Waals surface area contributed by atoms with Crippen LogP contribution >= 0.6 is 0 Å². The van der Waals surface area contributed by atoms with E-state index in [2.05, 4.69) is 33.8 Å². The van der Waals surface area contributed by atoms with Gasteiger partial charge in [0.25, 0.3) is 0 Å². The Morgan fingerprint density at radius 1 is 1.29 bits per heavy atom. The minimum Gasteiger partial charge on any atom is -0.496 e. The van der Waals surface area contributed by atoms with Crippen LogP contribution in [0.3, 0.4) is 0 Å². The summed E-state index contributed by atoms with van der Waals surface area (Å²) >= 11 is 0. The molecule has 0 amide bonds. The Morgan fingerprint density at radius 2 is 2.00 bits per heavy atom. The summed E-state index contributed by atoms with van der Waals surface area (Å²) < 4.78 is 31.0. The second-order valence-electron chi connectivity index (χ2n) is 7.03. The van der Waals surface area contributed by atoms with E-state index in [1.165, 1.54) is 5.56 Å². The van der Waals surface area contributed by atoms with Crippen molar-refractivity contribution >= 4 is 16.0 Å². The van der Waals surface area contributed by atoms with Crippen molar-refractivity contribution in [2.45, 2.75) is 46.1 Å². The van der Waals surface area contributed by atoms with Gasteiger partial charge in [-0.3, -0.25) is 4.99 Å². The molecule has 1 aliphatic heterocycles. The van der Waals surface area contributed by atoms with E-state index in [1.54, 1.807) is 18.3 Å². The molecule has 0 bridgehead atoms. The zero-order chi connectivity index (χ0) is 20.6. The van der Waals surface area contributed by atoms with E-state index < -0.39 is 10.0 Å². The van der Waals surface area contributed by atoms with Crippen LogP contribution < -0.4 is 15.4 Å². The van der Waals surface area contributed by atoms with Gasteiger partial charge in [-0.25, -0.2) is 12.7 Å². The average Bonchev–Trinajstić information content (AvgIpc) is 2.69. The summed E-state index contributed by atoms with van der Waals surface area (Å²) in [5.74, 6) is 1.86. The Balaban J connectivity index is 1.89. The zero-order valence-electron chi connectivity index (χ0n) is 17.5.